The van der Waals surface area contributed by atoms with Gasteiger partial charge in [-0.05, 0) is 0 Å². The summed E-state index contributed by atoms with van der Waals surface area (Å²) < 4.78 is 84.4. The van der Waals surface area contributed by atoms with E-state index in [1.54, 1.807) is 0 Å². The van der Waals surface area contributed by atoms with Crippen LogP contribution in [0, 0.1) is 0 Å². The minimum Gasteiger partial charge on any atom is -0.387 e. The van der Waals surface area contributed by atoms with Crippen molar-refractivity contribution in [3.63, 3.8) is 0 Å². The number of hydrogen-bond acceptors (Lipinski definition) is 23. The van der Waals surface area contributed by atoms with E-state index in [0.717, 1.165) is 21.8 Å². The first-order valence-electron chi connectivity index (χ1n) is 18.0. The van der Waals surface area contributed by atoms with Crippen molar-refractivity contribution in [2.24, 2.45) is 7.05 Å². The Hall–Kier alpha value is -4.24. The monoisotopic (exact) mass is 991 g/mol. The highest BCUT2D eigenvalue weighted by atomic mass is 31.3. The van der Waals surface area contributed by atoms with Crippen LogP contribution in [0.25, 0.3) is 22.3 Å². The molecule has 7 heterocycles. The maximum Gasteiger partial charge on any atom is 0.488 e. The Balaban J connectivity index is 0.860. The molecule has 2 fully saturated rings. The Morgan fingerprint density at radius 3 is 2.27 bits per heavy atom. The summed E-state index contributed by atoms with van der Waals surface area (Å²) in [6.07, 6.45) is -10.2. The van der Waals surface area contributed by atoms with Crippen LogP contribution in [0.15, 0.2) is 28.4 Å². The van der Waals surface area contributed by atoms with Gasteiger partial charge in [0.25, 0.3) is 17.1 Å². The third kappa shape index (κ3) is 10.4. The van der Waals surface area contributed by atoms with Gasteiger partial charge in [0.1, 0.15) is 36.6 Å². The Morgan fingerprint density at radius 1 is 0.875 bits per heavy atom. The lowest BCUT2D eigenvalue weighted by molar-refractivity contribution is -0.745. The van der Waals surface area contributed by atoms with E-state index < -0.39 is 111 Å². The number of fused-ring (bicyclic) bond motifs is 2. The smallest absolute Gasteiger partial charge is 0.387 e. The van der Waals surface area contributed by atoms with Gasteiger partial charge in [-0.15, -0.1) is 5.10 Å². The second kappa shape index (κ2) is 17.9. The molecule has 0 saturated carbocycles. The molecule has 352 valence electrons. The van der Waals surface area contributed by atoms with E-state index in [1.807, 2.05) is 0 Å². The quantitative estimate of drug-likeness (QED) is 0.0289. The molecule has 6 unspecified atom stereocenters. The second-order valence-electron chi connectivity index (χ2n) is 14.0. The van der Waals surface area contributed by atoms with Crippen molar-refractivity contribution >= 4 is 65.2 Å². The summed E-state index contributed by atoms with van der Waals surface area (Å²) in [7, 11) is -19.9. The van der Waals surface area contributed by atoms with Gasteiger partial charge >= 0.3 is 36.6 Å². The van der Waals surface area contributed by atoms with Crippen molar-refractivity contribution in [1.29, 1.82) is 0 Å². The molecule has 5 aromatic rings. The Morgan fingerprint density at radius 2 is 1.53 bits per heavy atom. The number of H-pyrrole nitrogens is 2. The van der Waals surface area contributed by atoms with Gasteiger partial charge in [0.2, 0.25) is 17.7 Å². The van der Waals surface area contributed by atoms with E-state index in [4.69, 9.17) is 25.5 Å². The number of aromatic amines is 2. The largest absolute Gasteiger partial charge is 0.488 e. The van der Waals surface area contributed by atoms with E-state index in [-0.39, 0.29) is 53.0 Å². The zero-order chi connectivity index (χ0) is 46.7. The molecule has 0 spiro atoms. The zero-order valence-corrected chi connectivity index (χ0v) is 35.9. The lowest BCUT2D eigenvalue weighted by Crippen LogP contribution is -2.46. The van der Waals surface area contributed by atoms with Crippen LogP contribution in [-0.2, 0) is 65.2 Å². The number of rotatable bonds is 18. The Kier molecular flexibility index (Phi) is 13.3. The molecule has 12 atom stereocenters. The summed E-state index contributed by atoms with van der Waals surface area (Å²) in [6.45, 7) is -2.37. The maximum absolute atomic E-state index is 12.7. The summed E-state index contributed by atoms with van der Waals surface area (Å²) in [6, 6.07) is 0. The summed E-state index contributed by atoms with van der Waals surface area (Å²) in [5.74, 6) is -0.538. The first-order chi connectivity index (χ1) is 29.8. The van der Waals surface area contributed by atoms with Crippen LogP contribution >= 0.6 is 31.0 Å². The van der Waals surface area contributed by atoms with Gasteiger partial charge in [-0.3, -0.25) is 47.0 Å². The van der Waals surface area contributed by atoms with Crippen molar-refractivity contribution < 1.29 is 90.0 Å². The number of aryl methyl sites for hydroxylation is 1. The van der Waals surface area contributed by atoms with Crippen LogP contribution in [0.4, 0.5) is 11.9 Å². The molecule has 0 aromatic carbocycles. The van der Waals surface area contributed by atoms with Crippen LogP contribution < -0.4 is 32.2 Å². The molecule has 2 aliphatic rings. The number of aliphatic hydroxyl groups excluding tert-OH is 4. The maximum atomic E-state index is 12.7. The van der Waals surface area contributed by atoms with Gasteiger partial charge < -0.3 is 60.9 Å². The summed E-state index contributed by atoms with van der Waals surface area (Å²) in [5.41, 5.74) is 9.31. The number of aromatic nitrogens is 11. The van der Waals surface area contributed by atoms with Crippen molar-refractivity contribution in [2.45, 2.75) is 61.8 Å². The fourth-order valence-corrected chi connectivity index (χ4v) is 11.4. The first kappa shape index (κ1) is 47.7. The Labute approximate surface area is 354 Å². The molecule has 34 nitrogen and oxygen atoms in total. The highest BCUT2D eigenvalue weighted by Crippen LogP contribution is 2.68. The molecule has 0 bridgehead atoms. The molecule has 0 radical (unpaired) electrons. The zero-order valence-electron chi connectivity index (χ0n) is 32.3. The number of aliphatic hydroxyl groups is 4. The standard InChI is InChI=1S/C26H38N14O20P4/c1-37-9-40(20-14(37)22(46)34-26(28)32-20)24-18(44)15(41)11(58-24)5-55-62(49,50)30-2-3-38-4-10(35-36-38)7-61(47,48)59-64(53,54)60-63(51,52)56-6-12-16(42)17(43)23(57-12)39-8-29-13-19(39)31-25(27)33-21(13)45/h4,8-9,11-12,15-18,23-24,41-44H,2-3,5-7H2,1H3,(H10-,27,28,30,31,32,33,34,45,46,47,48,49,50,51,52,53,54)/p+1/t11-,12-,15+,16?,17+,18?,23-,24-/m1/s1. The third-order valence-electron chi connectivity index (χ3n) is 9.32. The molecular formula is C26H39N14O20P4+. The molecule has 38 heteroatoms. The van der Waals surface area contributed by atoms with E-state index in [0.29, 0.717) is 0 Å². The van der Waals surface area contributed by atoms with E-state index in [2.05, 4.69) is 53.5 Å². The lowest BCUT2D eigenvalue weighted by Gasteiger charge is -2.20. The molecule has 7 rings (SSSR count). The number of imidazole rings is 2. The van der Waals surface area contributed by atoms with E-state index in [1.165, 1.54) is 22.5 Å². The number of nitrogens with two attached hydrogens (primary N) is 2. The van der Waals surface area contributed by atoms with Gasteiger partial charge in [-0.2, -0.15) is 9.29 Å². The van der Waals surface area contributed by atoms with E-state index in [9.17, 15) is 67.8 Å². The lowest BCUT2D eigenvalue weighted by atomic mass is 10.1. The number of hydrogen-bond donors (Lipinski definition) is 13. The summed E-state index contributed by atoms with van der Waals surface area (Å²) in [5, 5.41) is 51.8. The fraction of sp³-hybridized carbons (Fsp3) is 0.538. The van der Waals surface area contributed by atoms with Gasteiger partial charge in [0.05, 0.1) is 45.0 Å². The molecule has 2 aliphatic heterocycles. The molecule has 15 N–H and O–H groups in total. The van der Waals surface area contributed by atoms with Gasteiger partial charge in [0, 0.05) is 12.7 Å². The minimum atomic E-state index is -5.90. The van der Waals surface area contributed by atoms with Crippen molar-refractivity contribution in [1.82, 2.24) is 54.1 Å². The second-order valence-corrected chi connectivity index (χ2v) is 20.7. The van der Waals surface area contributed by atoms with Crippen LogP contribution in [0.5, 0.6) is 0 Å². The SMILES string of the molecule is Cn1c[n+]([C@@H]2O[C@H](COP(=O)(O)NCCn3cc(CP(=O)(O)OP(=O)(O)OP(=O)(O)OC[C@H]4O[C@@H](n5cnc6c(=O)[nH]c(N)nc65)[C@@H](O)C4O)nn3)[C@H](O)C2O)c2nc(N)[nH]c(=O)c21. The van der Waals surface area contributed by atoms with Gasteiger partial charge in [0.15, 0.2) is 23.7 Å². The Bertz CT molecular complexity index is 2870. The van der Waals surface area contributed by atoms with Crippen LogP contribution in [0.2, 0.25) is 0 Å². The fourth-order valence-electron chi connectivity index (χ4n) is 6.56. The number of phosphoric ester groups is 1. The summed E-state index contributed by atoms with van der Waals surface area (Å²) >= 11 is 0. The van der Waals surface area contributed by atoms with Crippen molar-refractivity contribution in [3.8, 4) is 0 Å². The molecule has 5 aromatic heterocycles. The van der Waals surface area contributed by atoms with Crippen molar-refractivity contribution in [3.05, 3.63) is 45.3 Å². The number of ether oxygens (including phenoxy) is 2. The average Bonchev–Trinajstić information content (AvgIpc) is 3.98. The number of phosphoric acid groups is 2. The summed E-state index contributed by atoms with van der Waals surface area (Å²) in [4.78, 5) is 81.5. The molecule has 0 amide bonds. The van der Waals surface area contributed by atoms with Crippen LogP contribution in [-0.4, -0.2) is 145 Å². The number of nitrogens with zero attached hydrogens (tertiary/aromatic N) is 9. The molecule has 2 saturated heterocycles. The normalized spacial score (nSPS) is 27.7. The molecule has 64 heavy (non-hydrogen) atoms. The molecular weight excluding hydrogens is 952 g/mol. The predicted octanol–water partition coefficient (Wildman–Crippen LogP) is -4.98. The van der Waals surface area contributed by atoms with Gasteiger partial charge in [-0.1, -0.05) is 10.2 Å². The molecule has 0 aliphatic carbocycles. The highest BCUT2D eigenvalue weighted by molar-refractivity contribution is 7.68. The topological polar surface area (TPSA) is 498 Å². The van der Waals surface area contributed by atoms with Crippen molar-refractivity contribution in [2.75, 3.05) is 31.2 Å². The third-order valence-corrected chi connectivity index (χ3v) is 15.1. The van der Waals surface area contributed by atoms with Crippen LogP contribution in [0.1, 0.15) is 18.1 Å². The predicted molar refractivity (Wildman–Crippen MR) is 205 cm³/mol. The van der Waals surface area contributed by atoms with E-state index >= 15 is 0 Å². The number of anilines is 2. The minimum absolute atomic E-state index is 0.0187. The van der Waals surface area contributed by atoms with Crippen LogP contribution in [0.3, 0.4) is 0 Å². The number of nitrogens with one attached hydrogen (secondary N) is 3. The highest BCUT2D eigenvalue weighted by Gasteiger charge is 2.49. The average molecular weight is 992 g/mol. The first-order valence-corrected chi connectivity index (χ1v) is 24.3. The van der Waals surface area contributed by atoms with Gasteiger partial charge in [-0.25, -0.2) is 32.6 Å². The number of nitrogen functional groups attached to an aromatic ring is 2.